The maximum absolute atomic E-state index is 9.54. The molecule has 0 unspecified atom stereocenters. The van der Waals surface area contributed by atoms with Gasteiger partial charge in [-0.2, -0.15) is 0 Å². The second kappa shape index (κ2) is 6.07. The Morgan fingerprint density at radius 2 is 2.29 bits per heavy atom. The van der Waals surface area contributed by atoms with Gasteiger partial charge < -0.3 is 5.11 Å². The molecule has 0 fully saturated rings. The van der Waals surface area contributed by atoms with E-state index in [4.69, 9.17) is 5.11 Å². The average Bonchev–Trinajstić information content (AvgIpc) is 1.35. The Bertz CT molecular complexity index is 53.7. The van der Waals surface area contributed by atoms with Gasteiger partial charge in [-0.25, -0.2) is 0 Å². The normalized spacial score (nSPS) is 7.00. The fraction of sp³-hybridized carbons (Fsp3) is 0.500. The van der Waals surface area contributed by atoms with Crippen molar-refractivity contribution in [3.8, 4) is 0 Å². The van der Waals surface area contributed by atoms with E-state index >= 15 is 0 Å². The van der Waals surface area contributed by atoms with Crippen molar-refractivity contribution in [3.05, 3.63) is 6.42 Å². The molecule has 0 aliphatic carbocycles. The molecule has 1 radical (unpaired) electrons. The van der Waals surface area contributed by atoms with Crippen molar-refractivity contribution in [3.63, 3.8) is 0 Å². The van der Waals surface area contributed by atoms with Crippen molar-refractivity contribution in [1.82, 2.24) is 0 Å². The van der Waals surface area contributed by atoms with Crippen molar-refractivity contribution >= 4 is 24.8 Å². The molecule has 3 heteroatoms. The summed E-state index contributed by atoms with van der Waals surface area (Å²) in [6.45, 7) is 1.79. The molecule has 0 saturated heterocycles. The minimum absolute atomic E-state index is 0. The SMILES string of the molecule is CC[CH]C(=O)O.[LiH]. The number of hydrogen-bond donors (Lipinski definition) is 1. The number of carboxylic acid groups (broad SMARTS) is 1. The van der Waals surface area contributed by atoms with Crippen LogP contribution in [0.25, 0.3) is 0 Å². The number of rotatable bonds is 2. The Morgan fingerprint density at radius 1 is 1.86 bits per heavy atom. The third-order valence-electron chi connectivity index (χ3n) is 0.379. The zero-order valence-corrected chi connectivity index (χ0v) is 3.64. The molecule has 0 aliphatic heterocycles. The predicted octanol–water partition coefficient (Wildman–Crippen LogP) is 0.0368. The third-order valence-corrected chi connectivity index (χ3v) is 0.379. The summed E-state index contributed by atoms with van der Waals surface area (Å²) >= 11 is 0. The van der Waals surface area contributed by atoms with Crippen LogP contribution in [0.1, 0.15) is 13.3 Å². The van der Waals surface area contributed by atoms with Gasteiger partial charge in [0.1, 0.15) is 0 Å². The van der Waals surface area contributed by atoms with Gasteiger partial charge >= 0.3 is 24.8 Å². The average molecular weight is 95.0 g/mol. The van der Waals surface area contributed by atoms with Crippen LogP contribution in [0, 0.1) is 6.42 Å². The van der Waals surface area contributed by atoms with E-state index in [2.05, 4.69) is 0 Å². The quantitative estimate of drug-likeness (QED) is 0.491. The van der Waals surface area contributed by atoms with Crippen LogP contribution in [0.15, 0.2) is 0 Å². The summed E-state index contributed by atoms with van der Waals surface area (Å²) in [7, 11) is 0. The summed E-state index contributed by atoms with van der Waals surface area (Å²) < 4.78 is 0. The molecule has 7 heavy (non-hydrogen) atoms. The van der Waals surface area contributed by atoms with Crippen molar-refractivity contribution in [2.24, 2.45) is 0 Å². The Balaban J connectivity index is 0. The monoisotopic (exact) mass is 95.1 g/mol. The molecular weight excluding hydrogens is 87.0 g/mol. The first-order chi connectivity index (χ1) is 2.77. The van der Waals surface area contributed by atoms with Gasteiger partial charge in [-0.3, -0.25) is 4.79 Å². The van der Waals surface area contributed by atoms with Gasteiger partial charge in [0.2, 0.25) is 0 Å². The van der Waals surface area contributed by atoms with E-state index in [0.717, 1.165) is 0 Å². The van der Waals surface area contributed by atoms with E-state index in [1.54, 1.807) is 6.92 Å². The van der Waals surface area contributed by atoms with E-state index in [0.29, 0.717) is 6.42 Å². The Morgan fingerprint density at radius 3 is 2.29 bits per heavy atom. The molecule has 37 valence electrons. The first-order valence-electron chi connectivity index (χ1n) is 1.83. The number of carboxylic acids is 1. The Kier molecular flexibility index (Phi) is 8.78. The summed E-state index contributed by atoms with van der Waals surface area (Å²) in [5.41, 5.74) is 0. The first kappa shape index (κ1) is 10.1. The molecule has 0 aliphatic rings. The molecule has 2 nitrogen and oxygen atoms in total. The van der Waals surface area contributed by atoms with Crippen LogP contribution < -0.4 is 0 Å². The van der Waals surface area contributed by atoms with Crippen LogP contribution in [0.5, 0.6) is 0 Å². The maximum atomic E-state index is 9.54. The molecule has 0 aromatic heterocycles. The summed E-state index contributed by atoms with van der Waals surface area (Å²) in [6.07, 6.45) is 1.81. The Labute approximate surface area is 55.1 Å². The van der Waals surface area contributed by atoms with Gasteiger partial charge in [-0.1, -0.05) is 6.92 Å². The van der Waals surface area contributed by atoms with E-state index in [1.165, 1.54) is 6.42 Å². The third kappa shape index (κ3) is 10.7. The molecular formula is C4H8LiO2. The van der Waals surface area contributed by atoms with Crippen LogP contribution >= 0.6 is 0 Å². The molecule has 0 saturated carbocycles. The van der Waals surface area contributed by atoms with Gasteiger partial charge in [-0.15, -0.1) is 0 Å². The van der Waals surface area contributed by atoms with E-state index in [1.807, 2.05) is 0 Å². The van der Waals surface area contributed by atoms with Gasteiger partial charge in [-0.05, 0) is 6.42 Å². The number of hydrogen-bond acceptors (Lipinski definition) is 1. The van der Waals surface area contributed by atoms with Gasteiger partial charge in [0.15, 0.2) is 0 Å². The van der Waals surface area contributed by atoms with Crippen molar-refractivity contribution in [2.45, 2.75) is 13.3 Å². The molecule has 0 spiro atoms. The van der Waals surface area contributed by atoms with Crippen LogP contribution in [-0.4, -0.2) is 29.9 Å². The Hall–Kier alpha value is 0.0674. The van der Waals surface area contributed by atoms with Gasteiger partial charge in [0, 0.05) is 0 Å². The molecule has 0 atom stereocenters. The minimum atomic E-state index is -0.836. The summed E-state index contributed by atoms with van der Waals surface area (Å²) in [5.74, 6) is -0.836. The van der Waals surface area contributed by atoms with Crippen LogP contribution in [0.4, 0.5) is 0 Å². The predicted molar refractivity (Wildman–Crippen MR) is 29.4 cm³/mol. The molecule has 0 bridgehead atoms. The van der Waals surface area contributed by atoms with Crippen molar-refractivity contribution < 1.29 is 9.90 Å². The summed E-state index contributed by atoms with van der Waals surface area (Å²) in [6, 6.07) is 0. The number of carbonyl (C=O) groups is 1. The molecule has 0 heterocycles. The van der Waals surface area contributed by atoms with Crippen molar-refractivity contribution in [2.75, 3.05) is 0 Å². The van der Waals surface area contributed by atoms with Crippen LogP contribution in [-0.2, 0) is 4.79 Å². The molecule has 0 rings (SSSR count). The van der Waals surface area contributed by atoms with Crippen LogP contribution in [0.3, 0.4) is 0 Å². The van der Waals surface area contributed by atoms with E-state index in [9.17, 15) is 4.79 Å². The summed E-state index contributed by atoms with van der Waals surface area (Å²) in [4.78, 5) is 9.54. The topological polar surface area (TPSA) is 37.3 Å². The standard InChI is InChI=1S/C4H7O2.Li.H/c1-2-3-4(5)6;;/h3H,2H2,1H3,(H,5,6);;. The van der Waals surface area contributed by atoms with E-state index in [-0.39, 0.29) is 18.9 Å². The van der Waals surface area contributed by atoms with Crippen LogP contribution in [0.2, 0.25) is 0 Å². The molecule has 1 N–H and O–H groups in total. The zero-order valence-electron chi connectivity index (χ0n) is 3.64. The fourth-order valence-corrected chi connectivity index (χ4v) is 0.175. The van der Waals surface area contributed by atoms with E-state index < -0.39 is 5.97 Å². The first-order valence-corrected chi connectivity index (χ1v) is 1.83. The van der Waals surface area contributed by atoms with Crippen molar-refractivity contribution in [1.29, 1.82) is 0 Å². The number of aliphatic carboxylic acids is 1. The molecule has 0 aromatic carbocycles. The molecule has 0 amide bonds. The molecule has 0 aromatic rings. The second-order valence-electron chi connectivity index (χ2n) is 0.951. The van der Waals surface area contributed by atoms with Gasteiger partial charge in [0.25, 0.3) is 0 Å². The fourth-order valence-electron chi connectivity index (χ4n) is 0.175. The summed E-state index contributed by atoms with van der Waals surface area (Å²) in [5, 5.41) is 7.86. The zero-order chi connectivity index (χ0) is 4.99. The van der Waals surface area contributed by atoms with Gasteiger partial charge in [0.05, 0.1) is 6.42 Å². The second-order valence-corrected chi connectivity index (χ2v) is 0.951.